The van der Waals surface area contributed by atoms with E-state index in [9.17, 15) is 10.2 Å². The van der Waals surface area contributed by atoms with E-state index in [-0.39, 0.29) is 12.0 Å². The highest BCUT2D eigenvalue weighted by molar-refractivity contribution is 5.60. The van der Waals surface area contributed by atoms with E-state index in [0.29, 0.717) is 17.0 Å². The van der Waals surface area contributed by atoms with Crippen molar-refractivity contribution in [3.05, 3.63) is 29.7 Å². The van der Waals surface area contributed by atoms with Crippen LogP contribution in [-0.4, -0.2) is 26.3 Å². The Kier molecular flexibility index (Phi) is 4.04. The molecule has 0 bridgehead atoms. The number of ether oxygens (including phenoxy) is 1. The molecule has 2 rings (SSSR count). The summed E-state index contributed by atoms with van der Waals surface area (Å²) in [6.45, 7) is 5.39. The normalized spacial score (nSPS) is 16.6. The molecule has 5 heteroatoms. The van der Waals surface area contributed by atoms with Gasteiger partial charge in [0, 0.05) is 0 Å². The van der Waals surface area contributed by atoms with Gasteiger partial charge in [-0.15, -0.1) is 0 Å². The highest BCUT2D eigenvalue weighted by Gasteiger charge is 2.17. The molecule has 0 unspecified atom stereocenters. The van der Waals surface area contributed by atoms with Crippen molar-refractivity contribution in [2.45, 2.75) is 38.7 Å². The number of rotatable bonds is 4. The van der Waals surface area contributed by atoms with Crippen molar-refractivity contribution < 1.29 is 14.9 Å². The topological polar surface area (TPSA) is 75.5 Å². The second-order valence-corrected chi connectivity index (χ2v) is 4.62. The molecule has 1 fully saturated rings. The third-order valence-electron chi connectivity index (χ3n) is 3.20. The third kappa shape index (κ3) is 3.24. The first-order valence-electron chi connectivity index (χ1n) is 6.37. The maximum Gasteiger partial charge on any atom is 0.317 e. The fraction of sp³-hybridized carbons (Fsp3) is 0.429. The van der Waals surface area contributed by atoms with E-state index in [2.05, 4.69) is 16.5 Å². The fourth-order valence-corrected chi connectivity index (χ4v) is 2.20. The fourth-order valence-electron chi connectivity index (χ4n) is 2.20. The Morgan fingerprint density at radius 1 is 1.32 bits per heavy atom. The van der Waals surface area contributed by atoms with Crippen molar-refractivity contribution in [1.29, 1.82) is 0 Å². The van der Waals surface area contributed by atoms with Gasteiger partial charge in [-0.1, -0.05) is 6.58 Å². The molecule has 5 nitrogen and oxygen atoms in total. The number of aryl methyl sites for hydroxylation is 1. The molecule has 1 aromatic rings. The molecule has 1 heterocycles. The first-order chi connectivity index (χ1) is 9.10. The predicted octanol–water partition coefficient (Wildman–Crippen LogP) is 2.68. The minimum absolute atomic E-state index is 0.213. The minimum atomic E-state index is -0.441. The van der Waals surface area contributed by atoms with Crippen LogP contribution in [-0.2, 0) is 4.74 Å². The maximum atomic E-state index is 9.73. The summed E-state index contributed by atoms with van der Waals surface area (Å²) in [6.07, 6.45) is 7.91. The first kappa shape index (κ1) is 13.4. The number of hydrogen-bond acceptors (Lipinski definition) is 5. The molecule has 0 spiro atoms. The van der Waals surface area contributed by atoms with Gasteiger partial charge in [0.15, 0.2) is 0 Å². The van der Waals surface area contributed by atoms with Gasteiger partial charge < -0.3 is 14.9 Å². The third-order valence-corrected chi connectivity index (χ3v) is 3.20. The van der Waals surface area contributed by atoms with E-state index in [1.54, 1.807) is 19.1 Å². The van der Waals surface area contributed by atoms with Crippen LogP contribution in [0, 0.1) is 6.92 Å². The number of hydrogen-bond donors (Lipinski definition) is 2. The lowest BCUT2D eigenvalue weighted by Gasteiger charge is -2.14. The summed E-state index contributed by atoms with van der Waals surface area (Å²) in [7, 11) is 0. The van der Waals surface area contributed by atoms with Crippen LogP contribution in [0.4, 0.5) is 0 Å². The highest BCUT2D eigenvalue weighted by Crippen LogP contribution is 2.27. The van der Waals surface area contributed by atoms with E-state index in [4.69, 9.17) is 4.74 Å². The van der Waals surface area contributed by atoms with Gasteiger partial charge in [-0.05, 0) is 44.8 Å². The summed E-state index contributed by atoms with van der Waals surface area (Å²) in [4.78, 5) is 7.32. The zero-order valence-electron chi connectivity index (χ0n) is 11.0. The quantitative estimate of drug-likeness (QED) is 0.644. The minimum Gasteiger partial charge on any atom is -0.493 e. The molecule has 1 aliphatic carbocycles. The second kappa shape index (κ2) is 5.73. The van der Waals surface area contributed by atoms with Gasteiger partial charge in [-0.2, -0.15) is 9.97 Å². The number of allylic oxidation sites excluding steroid dienone is 1. The van der Waals surface area contributed by atoms with Crippen molar-refractivity contribution in [2.75, 3.05) is 0 Å². The lowest BCUT2D eigenvalue weighted by atomic mass is 10.2. The molecule has 19 heavy (non-hydrogen) atoms. The molecular formula is C14H18N2O3. The van der Waals surface area contributed by atoms with Crippen LogP contribution >= 0.6 is 0 Å². The van der Waals surface area contributed by atoms with Crippen LogP contribution in [0.1, 0.15) is 36.9 Å². The Morgan fingerprint density at radius 3 is 2.58 bits per heavy atom. The van der Waals surface area contributed by atoms with Crippen LogP contribution in [0.15, 0.2) is 18.4 Å². The molecule has 1 saturated carbocycles. The van der Waals surface area contributed by atoms with Gasteiger partial charge in [-0.25, -0.2) is 0 Å². The van der Waals surface area contributed by atoms with E-state index in [1.165, 1.54) is 12.8 Å². The Morgan fingerprint density at radius 2 is 2.00 bits per heavy atom. The van der Waals surface area contributed by atoms with Crippen LogP contribution < -0.4 is 0 Å². The SMILES string of the molecule is C=C/C(=C\c1c(C)nc(O)nc1O)OC1CCCC1. The molecular weight excluding hydrogens is 244 g/mol. The van der Waals surface area contributed by atoms with Crippen molar-refractivity contribution in [2.24, 2.45) is 0 Å². The van der Waals surface area contributed by atoms with Crippen molar-refractivity contribution in [1.82, 2.24) is 9.97 Å². The summed E-state index contributed by atoms with van der Waals surface area (Å²) in [6, 6.07) is -0.441. The molecule has 0 radical (unpaired) electrons. The summed E-state index contributed by atoms with van der Waals surface area (Å²) in [5.74, 6) is 0.318. The van der Waals surface area contributed by atoms with Crippen LogP contribution in [0.3, 0.4) is 0 Å². The van der Waals surface area contributed by atoms with E-state index in [0.717, 1.165) is 12.8 Å². The molecule has 2 N–H and O–H groups in total. The zero-order chi connectivity index (χ0) is 13.8. The van der Waals surface area contributed by atoms with Gasteiger partial charge >= 0.3 is 6.01 Å². The summed E-state index contributed by atoms with van der Waals surface area (Å²) in [5, 5.41) is 18.9. The average Bonchev–Trinajstić information content (AvgIpc) is 2.84. The smallest absolute Gasteiger partial charge is 0.317 e. The molecule has 0 aliphatic heterocycles. The van der Waals surface area contributed by atoms with Crippen LogP contribution in [0.5, 0.6) is 11.9 Å². The van der Waals surface area contributed by atoms with Crippen LogP contribution in [0.25, 0.3) is 6.08 Å². The summed E-state index contributed by atoms with van der Waals surface area (Å²) < 4.78 is 5.82. The number of aromatic hydroxyl groups is 2. The van der Waals surface area contributed by atoms with Crippen LogP contribution in [0.2, 0.25) is 0 Å². The number of nitrogens with zero attached hydrogens (tertiary/aromatic N) is 2. The van der Waals surface area contributed by atoms with E-state index < -0.39 is 6.01 Å². The van der Waals surface area contributed by atoms with Crippen molar-refractivity contribution >= 4 is 6.08 Å². The van der Waals surface area contributed by atoms with Gasteiger partial charge in [0.1, 0.15) is 5.76 Å². The van der Waals surface area contributed by atoms with Gasteiger partial charge in [-0.3, -0.25) is 0 Å². The van der Waals surface area contributed by atoms with E-state index in [1.807, 2.05) is 0 Å². The first-order valence-corrected chi connectivity index (χ1v) is 6.37. The summed E-state index contributed by atoms with van der Waals surface area (Å²) in [5.41, 5.74) is 0.921. The lowest BCUT2D eigenvalue weighted by Crippen LogP contribution is -2.06. The molecule has 0 aromatic carbocycles. The molecule has 0 saturated heterocycles. The Balaban J connectivity index is 2.24. The summed E-state index contributed by atoms with van der Waals surface area (Å²) >= 11 is 0. The highest BCUT2D eigenvalue weighted by atomic mass is 16.5. The average molecular weight is 262 g/mol. The monoisotopic (exact) mass is 262 g/mol. The van der Waals surface area contributed by atoms with Gasteiger partial charge in [0.25, 0.3) is 0 Å². The van der Waals surface area contributed by atoms with Crippen molar-refractivity contribution in [3.63, 3.8) is 0 Å². The van der Waals surface area contributed by atoms with E-state index >= 15 is 0 Å². The Bertz CT molecular complexity index is 482. The maximum absolute atomic E-state index is 9.73. The molecule has 0 atom stereocenters. The predicted molar refractivity (Wildman–Crippen MR) is 71.6 cm³/mol. The van der Waals surface area contributed by atoms with Crippen molar-refractivity contribution in [3.8, 4) is 11.9 Å². The lowest BCUT2D eigenvalue weighted by molar-refractivity contribution is 0.134. The number of aromatic nitrogens is 2. The molecule has 1 aliphatic rings. The standard InChI is InChI=1S/C14H18N2O3/c1-3-10(19-11-6-4-5-7-11)8-12-9(2)15-14(18)16-13(12)17/h3,8,11H,1,4-7H2,2H3,(H2,15,16,17,18)/b10-8+. The Labute approximate surface area is 112 Å². The largest absolute Gasteiger partial charge is 0.493 e. The zero-order valence-corrected chi connectivity index (χ0v) is 11.0. The second-order valence-electron chi connectivity index (χ2n) is 4.62. The molecule has 102 valence electrons. The molecule has 1 aromatic heterocycles. The molecule has 0 amide bonds. The Hall–Kier alpha value is -2.04. The van der Waals surface area contributed by atoms with Gasteiger partial charge in [0.2, 0.25) is 5.88 Å². The van der Waals surface area contributed by atoms with Gasteiger partial charge in [0.05, 0.1) is 17.4 Å².